The minimum absolute atomic E-state index is 0.118. The first kappa shape index (κ1) is 17.9. The molecule has 0 N–H and O–H groups in total. The van der Waals surface area contributed by atoms with Crippen LogP contribution in [0.1, 0.15) is 51.0 Å². The number of carbonyl (C=O) groups excluding carboxylic acids is 2. The first-order chi connectivity index (χ1) is 13.6. The topological polar surface area (TPSA) is 49.9 Å². The van der Waals surface area contributed by atoms with Crippen LogP contribution < -0.4 is 0 Å². The number of likely N-dealkylation sites (tertiary alicyclic amines) is 1. The number of fused-ring (bicyclic) bond motifs is 3. The lowest BCUT2D eigenvalue weighted by atomic mass is 9.85. The number of rotatable bonds is 1. The maximum absolute atomic E-state index is 13.2. The van der Waals surface area contributed by atoms with Crippen LogP contribution in [0.2, 0.25) is 0 Å². The summed E-state index contributed by atoms with van der Waals surface area (Å²) in [7, 11) is 0. The first-order valence-electron chi connectivity index (χ1n) is 9.94. The van der Waals surface area contributed by atoms with Crippen molar-refractivity contribution in [2.75, 3.05) is 19.7 Å². The van der Waals surface area contributed by atoms with Crippen LogP contribution in [0.5, 0.6) is 0 Å². The molecule has 5 rings (SSSR count). The van der Waals surface area contributed by atoms with E-state index in [4.69, 9.17) is 4.74 Å². The normalized spacial score (nSPS) is 20.2. The number of amides is 2. The molecular formula is C22H24N2O3S. The lowest BCUT2D eigenvalue weighted by molar-refractivity contribution is -0.138. The van der Waals surface area contributed by atoms with Crippen molar-refractivity contribution in [2.24, 2.45) is 0 Å². The summed E-state index contributed by atoms with van der Waals surface area (Å²) in [4.78, 5) is 30.7. The number of hydrogen-bond acceptors (Lipinski definition) is 4. The molecule has 2 amide bonds. The van der Waals surface area contributed by atoms with E-state index in [1.54, 1.807) is 18.3 Å². The fourth-order valence-electron chi connectivity index (χ4n) is 4.71. The van der Waals surface area contributed by atoms with Crippen LogP contribution >= 0.6 is 11.3 Å². The molecule has 1 spiro atoms. The van der Waals surface area contributed by atoms with Crippen molar-refractivity contribution >= 4 is 23.2 Å². The third kappa shape index (κ3) is 2.86. The van der Waals surface area contributed by atoms with Gasteiger partial charge in [-0.25, -0.2) is 0 Å². The van der Waals surface area contributed by atoms with Crippen LogP contribution in [0.3, 0.4) is 0 Å². The molecule has 0 saturated carbocycles. The second-order valence-corrected chi connectivity index (χ2v) is 9.05. The molecule has 6 heteroatoms. The predicted molar refractivity (Wildman–Crippen MR) is 107 cm³/mol. The minimum atomic E-state index is -0.323. The Morgan fingerprint density at radius 3 is 2.36 bits per heavy atom. The van der Waals surface area contributed by atoms with E-state index in [1.807, 2.05) is 21.9 Å². The Morgan fingerprint density at radius 2 is 1.71 bits per heavy atom. The average Bonchev–Trinajstić information content (AvgIpc) is 3.33. The number of thiophene rings is 1. The highest BCUT2D eigenvalue weighted by atomic mass is 32.1. The van der Waals surface area contributed by atoms with E-state index in [-0.39, 0.29) is 17.4 Å². The maximum Gasteiger partial charge on any atom is 0.264 e. The van der Waals surface area contributed by atoms with E-state index in [9.17, 15) is 9.59 Å². The molecule has 0 radical (unpaired) electrons. The zero-order valence-electron chi connectivity index (χ0n) is 16.1. The molecule has 1 aromatic carbocycles. The zero-order valence-corrected chi connectivity index (χ0v) is 16.9. The monoisotopic (exact) mass is 396 g/mol. The van der Waals surface area contributed by atoms with Gasteiger partial charge in [0.1, 0.15) is 5.60 Å². The van der Waals surface area contributed by atoms with Crippen molar-refractivity contribution in [2.45, 2.75) is 44.9 Å². The fraction of sp³-hybridized carbons (Fsp3) is 0.455. The number of ether oxygens (including phenoxy) is 1. The van der Waals surface area contributed by atoms with E-state index in [0.29, 0.717) is 19.7 Å². The Balaban J connectivity index is 1.39. The Kier molecular flexibility index (Phi) is 4.29. The smallest absolute Gasteiger partial charge is 0.264 e. The quantitative estimate of drug-likeness (QED) is 0.743. The maximum atomic E-state index is 13.2. The van der Waals surface area contributed by atoms with Gasteiger partial charge in [0.15, 0.2) is 0 Å². The van der Waals surface area contributed by atoms with Crippen LogP contribution in [0.15, 0.2) is 30.3 Å². The van der Waals surface area contributed by atoms with E-state index in [1.165, 1.54) is 21.6 Å². The van der Waals surface area contributed by atoms with Crippen molar-refractivity contribution in [3.05, 3.63) is 56.8 Å². The van der Waals surface area contributed by atoms with Gasteiger partial charge in [-0.1, -0.05) is 24.3 Å². The number of nitrogens with zero attached hydrogens (tertiary/aromatic N) is 2. The van der Waals surface area contributed by atoms with Crippen LogP contribution in [0, 0.1) is 0 Å². The van der Waals surface area contributed by atoms with E-state index < -0.39 is 0 Å². The van der Waals surface area contributed by atoms with E-state index in [2.05, 4.69) is 18.2 Å². The molecule has 3 aliphatic heterocycles. The van der Waals surface area contributed by atoms with Crippen molar-refractivity contribution < 1.29 is 14.3 Å². The summed E-state index contributed by atoms with van der Waals surface area (Å²) in [6, 6.07) is 10.4. The molecule has 1 saturated heterocycles. The minimum Gasteiger partial charge on any atom is -0.369 e. The molecule has 4 heterocycles. The van der Waals surface area contributed by atoms with Crippen molar-refractivity contribution in [3.63, 3.8) is 0 Å². The highest BCUT2D eigenvalue weighted by Gasteiger charge is 2.43. The Hall–Kier alpha value is -2.18. The number of benzene rings is 1. The number of carbonyl (C=O) groups is 2. The van der Waals surface area contributed by atoms with E-state index >= 15 is 0 Å². The summed E-state index contributed by atoms with van der Waals surface area (Å²) < 4.78 is 6.28. The number of piperidine rings is 1. The molecule has 5 nitrogen and oxygen atoms in total. The standard InChI is InChI=1S/C22H24N2O3S/c1-15(25)23-9-7-22(8-10-23)20-16(6-11-27-22)12-19(28-20)21(26)24-13-17-4-2-3-5-18(17)14-24/h2-5,12H,6-11,13-14H2,1H3. The van der Waals surface area contributed by atoms with Crippen molar-refractivity contribution in [1.29, 1.82) is 0 Å². The Labute approximate surface area is 168 Å². The van der Waals surface area contributed by atoms with E-state index in [0.717, 1.165) is 37.2 Å². The summed E-state index contributed by atoms with van der Waals surface area (Å²) in [5.74, 6) is 0.244. The molecule has 0 aliphatic carbocycles. The van der Waals surface area contributed by atoms with Crippen LogP contribution in [0.4, 0.5) is 0 Å². The number of hydrogen-bond donors (Lipinski definition) is 0. The average molecular weight is 397 g/mol. The SMILES string of the molecule is CC(=O)N1CCC2(CC1)OCCc1cc(C(=O)N3Cc4ccccc4C3)sc12. The van der Waals surface area contributed by atoms with Gasteiger partial charge in [-0.15, -0.1) is 11.3 Å². The second-order valence-electron chi connectivity index (χ2n) is 7.99. The van der Waals surface area contributed by atoms with Gasteiger partial charge in [0, 0.05) is 38.0 Å². The fourth-order valence-corrected chi connectivity index (χ4v) is 6.09. The van der Waals surface area contributed by atoms with Gasteiger partial charge in [0.25, 0.3) is 5.91 Å². The first-order valence-corrected chi connectivity index (χ1v) is 10.8. The van der Waals surface area contributed by atoms with Gasteiger partial charge in [0.05, 0.1) is 11.5 Å². The third-order valence-electron chi connectivity index (χ3n) is 6.33. The largest absolute Gasteiger partial charge is 0.369 e. The summed E-state index contributed by atoms with van der Waals surface area (Å²) in [5.41, 5.74) is 3.42. The summed E-state index contributed by atoms with van der Waals surface area (Å²) in [6.45, 7) is 5.13. The third-order valence-corrected chi connectivity index (χ3v) is 7.68. The van der Waals surface area contributed by atoms with Gasteiger partial charge in [-0.3, -0.25) is 9.59 Å². The van der Waals surface area contributed by atoms with Gasteiger partial charge >= 0.3 is 0 Å². The lowest BCUT2D eigenvalue weighted by Crippen LogP contribution is -2.47. The predicted octanol–water partition coefficient (Wildman–Crippen LogP) is 3.31. The molecule has 0 atom stereocenters. The summed E-state index contributed by atoms with van der Waals surface area (Å²) >= 11 is 1.60. The molecule has 0 unspecified atom stereocenters. The summed E-state index contributed by atoms with van der Waals surface area (Å²) in [6.07, 6.45) is 2.48. The molecule has 0 bridgehead atoms. The molecule has 3 aliphatic rings. The Bertz CT molecular complexity index is 918. The molecule has 2 aromatic rings. The lowest BCUT2D eigenvalue weighted by Gasteiger charge is -2.43. The van der Waals surface area contributed by atoms with Gasteiger partial charge in [0.2, 0.25) is 5.91 Å². The zero-order chi connectivity index (χ0) is 19.3. The molecule has 146 valence electrons. The van der Waals surface area contributed by atoms with Crippen molar-refractivity contribution in [1.82, 2.24) is 9.80 Å². The van der Waals surface area contributed by atoms with Gasteiger partial charge in [-0.05, 0) is 42.0 Å². The Morgan fingerprint density at radius 1 is 1.04 bits per heavy atom. The van der Waals surface area contributed by atoms with Gasteiger partial charge in [-0.2, -0.15) is 0 Å². The van der Waals surface area contributed by atoms with Crippen molar-refractivity contribution in [3.8, 4) is 0 Å². The highest BCUT2D eigenvalue weighted by molar-refractivity contribution is 7.14. The second kappa shape index (κ2) is 6.71. The molecule has 28 heavy (non-hydrogen) atoms. The summed E-state index contributed by atoms with van der Waals surface area (Å²) in [5, 5.41) is 0. The molecule has 1 aromatic heterocycles. The molecule has 1 fully saturated rings. The van der Waals surface area contributed by atoms with Crippen LogP contribution in [-0.4, -0.2) is 41.3 Å². The van der Waals surface area contributed by atoms with Gasteiger partial charge < -0.3 is 14.5 Å². The van der Waals surface area contributed by atoms with Crippen LogP contribution in [0.25, 0.3) is 0 Å². The molecular weight excluding hydrogens is 372 g/mol. The van der Waals surface area contributed by atoms with Crippen LogP contribution in [-0.2, 0) is 34.6 Å². The highest BCUT2D eigenvalue weighted by Crippen LogP contribution is 2.46.